The van der Waals surface area contributed by atoms with Crippen LogP contribution in [0.5, 0.6) is 11.5 Å². The summed E-state index contributed by atoms with van der Waals surface area (Å²) >= 11 is 0. The van der Waals surface area contributed by atoms with Crippen molar-refractivity contribution < 1.29 is 4.74 Å². The van der Waals surface area contributed by atoms with E-state index in [2.05, 4.69) is 32.6 Å². The molecule has 2 heterocycles. The number of aromatic amines is 1. The molecule has 5 heteroatoms. The first-order valence-electron chi connectivity index (χ1n) is 7.22. The molecule has 112 valence electrons. The second kappa shape index (κ2) is 6.87. The molecule has 2 aromatic heterocycles. The molecule has 0 atom stereocenters. The zero-order valence-electron chi connectivity index (χ0n) is 12.4. The number of nitrogens with zero attached hydrogens (tertiary/aromatic N) is 2. The van der Waals surface area contributed by atoms with E-state index < -0.39 is 0 Å². The lowest BCUT2D eigenvalue weighted by Crippen LogP contribution is -2.10. The minimum atomic E-state index is 0.761. The number of rotatable bonds is 6. The van der Waals surface area contributed by atoms with Gasteiger partial charge < -0.3 is 10.1 Å². The van der Waals surface area contributed by atoms with Crippen molar-refractivity contribution in [2.75, 3.05) is 13.6 Å². The molecular weight excluding hydrogens is 276 g/mol. The molecule has 0 saturated carbocycles. The van der Waals surface area contributed by atoms with Crippen molar-refractivity contribution in [1.82, 2.24) is 20.5 Å². The van der Waals surface area contributed by atoms with Crippen LogP contribution in [0.4, 0.5) is 0 Å². The van der Waals surface area contributed by atoms with Gasteiger partial charge in [-0.15, -0.1) is 0 Å². The van der Waals surface area contributed by atoms with E-state index in [4.69, 9.17) is 4.74 Å². The molecule has 0 unspecified atom stereocenters. The number of hydrogen-bond acceptors (Lipinski definition) is 4. The van der Waals surface area contributed by atoms with Crippen LogP contribution in [0, 0.1) is 0 Å². The first kappa shape index (κ1) is 14.3. The highest BCUT2D eigenvalue weighted by Crippen LogP contribution is 2.25. The standard InChI is InChI=1S/C17H18N4O/c1-18-7-5-13-3-2-4-15(9-13)22-16-6-8-19-17(10-16)14-11-20-21-12-14/h2-4,6,8-12,18H,5,7H2,1H3,(H,20,21). The van der Waals surface area contributed by atoms with Crippen LogP contribution in [0.2, 0.25) is 0 Å². The maximum Gasteiger partial charge on any atom is 0.131 e. The Morgan fingerprint density at radius 1 is 1.18 bits per heavy atom. The van der Waals surface area contributed by atoms with E-state index in [0.717, 1.165) is 35.7 Å². The van der Waals surface area contributed by atoms with Crippen molar-refractivity contribution in [3.05, 3.63) is 60.6 Å². The second-order valence-corrected chi connectivity index (χ2v) is 4.97. The number of H-pyrrole nitrogens is 1. The Kier molecular flexibility index (Phi) is 4.46. The Hall–Kier alpha value is -2.66. The van der Waals surface area contributed by atoms with Crippen molar-refractivity contribution in [3.8, 4) is 22.8 Å². The van der Waals surface area contributed by atoms with Gasteiger partial charge in [-0.2, -0.15) is 5.10 Å². The zero-order valence-corrected chi connectivity index (χ0v) is 12.4. The number of hydrogen-bond donors (Lipinski definition) is 2. The first-order valence-corrected chi connectivity index (χ1v) is 7.22. The van der Waals surface area contributed by atoms with Crippen molar-refractivity contribution in [2.45, 2.75) is 6.42 Å². The molecule has 22 heavy (non-hydrogen) atoms. The van der Waals surface area contributed by atoms with Gasteiger partial charge in [0, 0.05) is 24.0 Å². The fourth-order valence-electron chi connectivity index (χ4n) is 2.19. The predicted molar refractivity (Wildman–Crippen MR) is 86.0 cm³/mol. The van der Waals surface area contributed by atoms with Crippen LogP contribution in [0.3, 0.4) is 0 Å². The predicted octanol–water partition coefficient (Wildman–Crippen LogP) is 3.03. The van der Waals surface area contributed by atoms with Gasteiger partial charge in [0.25, 0.3) is 0 Å². The molecule has 0 aliphatic rings. The lowest BCUT2D eigenvalue weighted by Gasteiger charge is -2.08. The van der Waals surface area contributed by atoms with E-state index >= 15 is 0 Å². The van der Waals surface area contributed by atoms with E-state index in [-0.39, 0.29) is 0 Å². The Bertz CT molecular complexity index is 725. The third kappa shape index (κ3) is 3.51. The Balaban J connectivity index is 1.77. The lowest BCUT2D eigenvalue weighted by molar-refractivity contribution is 0.481. The van der Waals surface area contributed by atoms with Crippen LogP contribution in [0.1, 0.15) is 5.56 Å². The summed E-state index contributed by atoms with van der Waals surface area (Å²) in [5.41, 5.74) is 3.02. The first-order chi connectivity index (χ1) is 10.8. The van der Waals surface area contributed by atoms with Crippen LogP contribution in [-0.2, 0) is 6.42 Å². The summed E-state index contributed by atoms with van der Waals surface area (Å²) in [6, 6.07) is 11.9. The maximum absolute atomic E-state index is 5.95. The highest BCUT2D eigenvalue weighted by Gasteiger charge is 2.04. The van der Waals surface area contributed by atoms with E-state index in [1.165, 1.54) is 5.56 Å². The molecule has 3 rings (SSSR count). The van der Waals surface area contributed by atoms with Crippen molar-refractivity contribution in [2.24, 2.45) is 0 Å². The second-order valence-electron chi connectivity index (χ2n) is 4.97. The minimum absolute atomic E-state index is 0.761. The van der Waals surface area contributed by atoms with E-state index in [1.807, 2.05) is 37.5 Å². The summed E-state index contributed by atoms with van der Waals surface area (Å²) in [7, 11) is 1.95. The van der Waals surface area contributed by atoms with Crippen molar-refractivity contribution in [1.29, 1.82) is 0 Å². The number of aromatic nitrogens is 3. The summed E-state index contributed by atoms with van der Waals surface area (Å²) in [6.45, 7) is 0.948. The van der Waals surface area contributed by atoms with Gasteiger partial charge in [-0.25, -0.2) is 0 Å². The molecular formula is C17H18N4O. The van der Waals surface area contributed by atoms with Gasteiger partial charge in [0.15, 0.2) is 0 Å². The molecule has 0 spiro atoms. The fraction of sp³-hybridized carbons (Fsp3) is 0.176. The number of nitrogens with one attached hydrogen (secondary N) is 2. The van der Waals surface area contributed by atoms with Gasteiger partial charge in [0.2, 0.25) is 0 Å². The van der Waals surface area contributed by atoms with Crippen LogP contribution in [-0.4, -0.2) is 28.8 Å². The number of pyridine rings is 1. The zero-order chi connectivity index (χ0) is 15.2. The van der Waals surface area contributed by atoms with Gasteiger partial charge in [0.05, 0.1) is 11.9 Å². The molecule has 5 nitrogen and oxygen atoms in total. The number of likely N-dealkylation sites (N-methyl/N-ethyl adjacent to an activating group) is 1. The Morgan fingerprint density at radius 3 is 2.91 bits per heavy atom. The van der Waals surface area contributed by atoms with Gasteiger partial charge in [-0.1, -0.05) is 12.1 Å². The summed E-state index contributed by atoms with van der Waals surface area (Å²) in [5.74, 6) is 1.59. The topological polar surface area (TPSA) is 62.8 Å². The SMILES string of the molecule is CNCCc1cccc(Oc2ccnc(-c3cn[nH]c3)c2)c1. The smallest absolute Gasteiger partial charge is 0.131 e. The van der Waals surface area contributed by atoms with Gasteiger partial charge in [-0.05, 0) is 43.8 Å². The number of ether oxygens (including phenoxy) is 1. The van der Waals surface area contributed by atoms with Crippen LogP contribution < -0.4 is 10.1 Å². The highest BCUT2D eigenvalue weighted by molar-refractivity contribution is 5.58. The van der Waals surface area contributed by atoms with E-state index in [9.17, 15) is 0 Å². The molecule has 0 amide bonds. The van der Waals surface area contributed by atoms with Gasteiger partial charge in [-0.3, -0.25) is 10.1 Å². The van der Waals surface area contributed by atoms with Crippen LogP contribution in [0.25, 0.3) is 11.3 Å². The van der Waals surface area contributed by atoms with Gasteiger partial charge >= 0.3 is 0 Å². The minimum Gasteiger partial charge on any atom is -0.457 e. The molecule has 0 fully saturated rings. The lowest BCUT2D eigenvalue weighted by atomic mass is 10.1. The van der Waals surface area contributed by atoms with E-state index in [1.54, 1.807) is 12.4 Å². The highest BCUT2D eigenvalue weighted by atomic mass is 16.5. The largest absolute Gasteiger partial charge is 0.457 e. The Labute approximate surface area is 129 Å². The average molecular weight is 294 g/mol. The number of benzene rings is 1. The summed E-state index contributed by atoms with van der Waals surface area (Å²) < 4.78 is 5.95. The maximum atomic E-state index is 5.95. The Morgan fingerprint density at radius 2 is 2.09 bits per heavy atom. The molecule has 0 bridgehead atoms. The molecule has 1 aromatic carbocycles. The van der Waals surface area contributed by atoms with Gasteiger partial charge in [0.1, 0.15) is 11.5 Å². The van der Waals surface area contributed by atoms with Crippen molar-refractivity contribution >= 4 is 0 Å². The molecule has 2 N–H and O–H groups in total. The molecule has 3 aromatic rings. The summed E-state index contributed by atoms with van der Waals surface area (Å²) in [4.78, 5) is 4.33. The monoisotopic (exact) mass is 294 g/mol. The molecule has 0 aliphatic heterocycles. The van der Waals surface area contributed by atoms with Crippen molar-refractivity contribution in [3.63, 3.8) is 0 Å². The quantitative estimate of drug-likeness (QED) is 0.733. The normalized spacial score (nSPS) is 10.6. The fourth-order valence-corrected chi connectivity index (χ4v) is 2.19. The summed E-state index contributed by atoms with van der Waals surface area (Å²) in [6.07, 6.45) is 6.27. The summed E-state index contributed by atoms with van der Waals surface area (Å²) in [5, 5.41) is 9.88. The third-order valence-electron chi connectivity index (χ3n) is 3.32. The van der Waals surface area contributed by atoms with E-state index in [0.29, 0.717) is 0 Å². The third-order valence-corrected chi connectivity index (χ3v) is 3.32. The molecule has 0 radical (unpaired) electrons. The average Bonchev–Trinajstić information content (AvgIpc) is 3.08. The van der Waals surface area contributed by atoms with Crippen LogP contribution in [0.15, 0.2) is 55.0 Å². The molecule has 0 saturated heterocycles. The van der Waals surface area contributed by atoms with Crippen LogP contribution >= 0.6 is 0 Å². The molecule has 0 aliphatic carbocycles.